The Morgan fingerprint density at radius 1 is 1.08 bits per heavy atom. The molecule has 1 fully saturated rings. The first-order valence-corrected chi connectivity index (χ1v) is 10.1. The highest BCUT2D eigenvalue weighted by molar-refractivity contribution is 7.89. The summed E-state index contributed by atoms with van der Waals surface area (Å²) >= 11 is 0. The lowest BCUT2D eigenvalue weighted by atomic mass is 10.1. The van der Waals surface area contributed by atoms with Crippen LogP contribution in [0.1, 0.15) is 18.4 Å². The van der Waals surface area contributed by atoms with E-state index >= 15 is 0 Å². The van der Waals surface area contributed by atoms with E-state index in [-0.39, 0.29) is 10.8 Å². The molecule has 0 N–H and O–H groups in total. The van der Waals surface area contributed by atoms with Crippen LogP contribution in [0.5, 0.6) is 0 Å². The van der Waals surface area contributed by atoms with Gasteiger partial charge >= 0.3 is 0 Å². The molecular weight excluding hydrogens is 355 g/mol. The second-order valence-electron chi connectivity index (χ2n) is 6.60. The first-order chi connectivity index (χ1) is 12.5. The average molecular weight is 374 g/mol. The van der Waals surface area contributed by atoms with E-state index in [0.29, 0.717) is 38.0 Å². The number of anilines is 1. The lowest BCUT2D eigenvalue weighted by molar-refractivity contribution is -0.121. The van der Waals surface area contributed by atoms with Crippen molar-refractivity contribution < 1.29 is 17.6 Å². The van der Waals surface area contributed by atoms with Crippen LogP contribution in [-0.4, -0.2) is 37.8 Å². The summed E-state index contributed by atoms with van der Waals surface area (Å²) < 4.78 is 40.8. The highest BCUT2D eigenvalue weighted by Gasteiger charge is 2.42. The van der Waals surface area contributed by atoms with Crippen LogP contribution in [0.25, 0.3) is 0 Å². The van der Waals surface area contributed by atoms with E-state index in [1.165, 1.54) is 33.5 Å². The topological polar surface area (TPSA) is 57.7 Å². The third kappa shape index (κ3) is 2.81. The maximum absolute atomic E-state index is 13.6. The van der Waals surface area contributed by atoms with Gasteiger partial charge in [-0.25, -0.2) is 12.8 Å². The van der Waals surface area contributed by atoms with Gasteiger partial charge < -0.3 is 4.90 Å². The lowest BCUT2D eigenvalue weighted by Gasteiger charge is -2.27. The van der Waals surface area contributed by atoms with Crippen molar-refractivity contribution in [1.82, 2.24) is 4.31 Å². The van der Waals surface area contributed by atoms with Gasteiger partial charge in [-0.05, 0) is 49.1 Å². The van der Waals surface area contributed by atoms with Gasteiger partial charge in [-0.3, -0.25) is 4.79 Å². The number of sulfonamides is 1. The molecule has 2 aromatic carbocycles. The summed E-state index contributed by atoms with van der Waals surface area (Å²) in [5.41, 5.74) is 1.47. The Morgan fingerprint density at radius 3 is 2.62 bits per heavy atom. The number of carbonyl (C=O) groups is 1. The smallest absolute Gasteiger partial charge is 0.245 e. The summed E-state index contributed by atoms with van der Waals surface area (Å²) in [6, 6.07) is 11.8. The minimum Gasteiger partial charge on any atom is -0.310 e. The number of hydrogen-bond donors (Lipinski definition) is 0. The highest BCUT2D eigenvalue weighted by Crippen LogP contribution is 2.33. The van der Waals surface area contributed by atoms with E-state index in [9.17, 15) is 17.6 Å². The number of amides is 1. The molecule has 1 amide bonds. The van der Waals surface area contributed by atoms with Crippen LogP contribution in [-0.2, 0) is 21.2 Å². The van der Waals surface area contributed by atoms with Gasteiger partial charge in [0.15, 0.2) is 0 Å². The lowest BCUT2D eigenvalue weighted by Crippen LogP contribution is -2.47. The predicted molar refractivity (Wildman–Crippen MR) is 95.8 cm³/mol. The minimum absolute atomic E-state index is 0.188. The molecule has 5 nitrogen and oxygen atoms in total. The Morgan fingerprint density at radius 2 is 1.85 bits per heavy atom. The Bertz CT molecular complexity index is 947. The Balaban J connectivity index is 1.64. The van der Waals surface area contributed by atoms with Crippen molar-refractivity contribution >= 4 is 21.6 Å². The molecule has 26 heavy (non-hydrogen) atoms. The summed E-state index contributed by atoms with van der Waals surface area (Å²) in [5.74, 6) is -0.671. The Labute approximate surface area is 152 Å². The number of halogens is 1. The van der Waals surface area contributed by atoms with Gasteiger partial charge in [0.25, 0.3) is 0 Å². The summed E-state index contributed by atoms with van der Waals surface area (Å²) in [5, 5.41) is 0. The Kier molecular flexibility index (Phi) is 4.28. The van der Waals surface area contributed by atoms with Crippen LogP contribution < -0.4 is 4.90 Å². The van der Waals surface area contributed by atoms with Crippen molar-refractivity contribution in [2.24, 2.45) is 0 Å². The van der Waals surface area contributed by atoms with Crippen molar-refractivity contribution in [2.75, 3.05) is 18.0 Å². The van der Waals surface area contributed by atoms with Crippen LogP contribution in [0, 0.1) is 5.82 Å². The number of hydrogen-bond acceptors (Lipinski definition) is 3. The van der Waals surface area contributed by atoms with Crippen molar-refractivity contribution in [3.05, 3.63) is 59.9 Å². The first kappa shape index (κ1) is 17.2. The maximum Gasteiger partial charge on any atom is 0.245 e. The molecule has 2 aliphatic heterocycles. The van der Waals surface area contributed by atoms with Gasteiger partial charge in [-0.1, -0.05) is 24.3 Å². The summed E-state index contributed by atoms with van der Waals surface area (Å²) in [6.45, 7) is 0.769. The number of nitrogens with zero attached hydrogens (tertiary/aromatic N) is 2. The SMILES string of the molecule is O=C(C1CCCN1S(=O)(=O)c1ccccc1)N1CCc2ccc(F)cc21. The molecule has 136 valence electrons. The zero-order valence-corrected chi connectivity index (χ0v) is 15.0. The van der Waals surface area contributed by atoms with E-state index in [1.807, 2.05) is 0 Å². The molecule has 0 spiro atoms. The van der Waals surface area contributed by atoms with Gasteiger partial charge in [0.2, 0.25) is 15.9 Å². The zero-order valence-electron chi connectivity index (χ0n) is 14.1. The molecule has 1 atom stereocenters. The number of fused-ring (bicyclic) bond motifs is 1. The zero-order chi connectivity index (χ0) is 18.3. The normalized spacial score (nSPS) is 20.3. The summed E-state index contributed by atoms with van der Waals surface area (Å²) in [7, 11) is -3.74. The van der Waals surface area contributed by atoms with Crippen LogP contribution in [0.4, 0.5) is 10.1 Å². The standard InChI is InChI=1S/C19H19FN2O3S/c20-15-9-8-14-10-12-21(18(14)13-15)19(23)17-7-4-11-22(17)26(24,25)16-5-2-1-3-6-16/h1-3,5-6,8-9,13,17H,4,7,10-12H2. The molecule has 1 saturated heterocycles. The largest absolute Gasteiger partial charge is 0.310 e. The third-order valence-corrected chi connectivity index (χ3v) is 6.97. The van der Waals surface area contributed by atoms with Gasteiger partial charge in [-0.2, -0.15) is 4.31 Å². The van der Waals surface area contributed by atoms with E-state index < -0.39 is 21.9 Å². The van der Waals surface area contributed by atoms with Gasteiger partial charge in [0, 0.05) is 18.8 Å². The summed E-state index contributed by atoms with van der Waals surface area (Å²) in [6.07, 6.45) is 1.76. The van der Waals surface area contributed by atoms with Crippen molar-refractivity contribution in [3.8, 4) is 0 Å². The molecule has 0 aliphatic carbocycles. The molecule has 0 saturated carbocycles. The molecule has 0 bridgehead atoms. The van der Waals surface area contributed by atoms with Gasteiger partial charge in [0.1, 0.15) is 11.9 Å². The molecule has 7 heteroatoms. The monoisotopic (exact) mass is 374 g/mol. The highest BCUT2D eigenvalue weighted by atomic mass is 32.2. The fourth-order valence-electron chi connectivity index (χ4n) is 3.76. The molecule has 0 radical (unpaired) electrons. The van der Waals surface area contributed by atoms with E-state index in [2.05, 4.69) is 0 Å². The molecule has 2 aliphatic rings. The average Bonchev–Trinajstić information content (AvgIpc) is 3.29. The van der Waals surface area contributed by atoms with Gasteiger partial charge in [0.05, 0.1) is 4.90 Å². The van der Waals surface area contributed by atoms with Crippen molar-refractivity contribution in [2.45, 2.75) is 30.2 Å². The van der Waals surface area contributed by atoms with Crippen LogP contribution in [0.15, 0.2) is 53.4 Å². The van der Waals surface area contributed by atoms with Gasteiger partial charge in [-0.15, -0.1) is 0 Å². The fraction of sp³-hybridized carbons (Fsp3) is 0.316. The quantitative estimate of drug-likeness (QED) is 0.830. The maximum atomic E-state index is 13.6. The minimum atomic E-state index is -3.74. The van der Waals surface area contributed by atoms with Crippen LogP contribution in [0.2, 0.25) is 0 Å². The van der Waals surface area contributed by atoms with Crippen LogP contribution in [0.3, 0.4) is 0 Å². The van der Waals surface area contributed by atoms with E-state index in [0.717, 1.165) is 5.56 Å². The molecule has 2 heterocycles. The molecular formula is C19H19FN2O3S. The number of benzene rings is 2. The molecule has 0 aromatic heterocycles. The van der Waals surface area contributed by atoms with Crippen molar-refractivity contribution in [1.29, 1.82) is 0 Å². The number of rotatable bonds is 3. The van der Waals surface area contributed by atoms with E-state index in [1.54, 1.807) is 24.3 Å². The molecule has 1 unspecified atom stereocenters. The fourth-order valence-corrected chi connectivity index (χ4v) is 5.44. The second kappa shape index (κ2) is 6.48. The molecule has 4 rings (SSSR count). The predicted octanol–water partition coefficient (Wildman–Crippen LogP) is 2.57. The second-order valence-corrected chi connectivity index (χ2v) is 8.49. The summed E-state index contributed by atoms with van der Waals surface area (Å²) in [4.78, 5) is 14.8. The van der Waals surface area contributed by atoms with Crippen LogP contribution >= 0.6 is 0 Å². The van der Waals surface area contributed by atoms with E-state index in [4.69, 9.17) is 0 Å². The first-order valence-electron chi connectivity index (χ1n) is 8.65. The van der Waals surface area contributed by atoms with Crippen molar-refractivity contribution in [3.63, 3.8) is 0 Å². The molecule has 2 aromatic rings. The third-order valence-electron chi connectivity index (χ3n) is 5.05. The Hall–Kier alpha value is -2.25. The number of carbonyl (C=O) groups excluding carboxylic acids is 1.